The lowest BCUT2D eigenvalue weighted by Crippen LogP contribution is -2.45. The Morgan fingerprint density at radius 1 is 1.12 bits per heavy atom. The smallest absolute Gasteiger partial charge is 0.123 e. The highest BCUT2D eigenvalue weighted by molar-refractivity contribution is 5.47. The Morgan fingerprint density at radius 2 is 2.12 bits per heavy atom. The van der Waals surface area contributed by atoms with Crippen molar-refractivity contribution in [1.82, 2.24) is 5.32 Å². The minimum absolute atomic E-state index is 0.238. The van der Waals surface area contributed by atoms with Gasteiger partial charge in [0, 0.05) is 19.0 Å². The monoisotopic (exact) mass is 231 g/mol. The number of hydrogen-bond donors (Lipinski definition) is 1. The molecule has 3 aliphatic rings. The van der Waals surface area contributed by atoms with Crippen molar-refractivity contribution in [2.24, 2.45) is 0 Å². The van der Waals surface area contributed by atoms with E-state index < -0.39 is 0 Å². The number of ether oxygens (including phenoxy) is 2. The van der Waals surface area contributed by atoms with Crippen LogP contribution in [-0.2, 0) is 17.6 Å². The fourth-order valence-electron chi connectivity index (χ4n) is 3.30. The minimum Gasteiger partial charge on any atom is -0.493 e. The van der Waals surface area contributed by atoms with Crippen LogP contribution < -0.4 is 10.1 Å². The van der Waals surface area contributed by atoms with E-state index in [1.165, 1.54) is 29.5 Å². The average Bonchev–Trinajstić information content (AvgIpc) is 2.83. The van der Waals surface area contributed by atoms with E-state index in [9.17, 15) is 0 Å². The Balaban J connectivity index is 1.79. The molecule has 4 rings (SSSR count). The van der Waals surface area contributed by atoms with Gasteiger partial charge < -0.3 is 14.8 Å². The van der Waals surface area contributed by atoms with Gasteiger partial charge in [-0.3, -0.25) is 0 Å². The third-order valence-electron chi connectivity index (χ3n) is 4.15. The molecule has 1 aromatic carbocycles. The zero-order valence-corrected chi connectivity index (χ0v) is 9.87. The van der Waals surface area contributed by atoms with E-state index in [0.717, 1.165) is 31.9 Å². The Kier molecular flexibility index (Phi) is 2.17. The summed E-state index contributed by atoms with van der Waals surface area (Å²) in [5.74, 6) is 1.08. The van der Waals surface area contributed by atoms with E-state index in [4.69, 9.17) is 9.47 Å². The number of nitrogens with one attached hydrogen (secondary N) is 1. The van der Waals surface area contributed by atoms with Gasteiger partial charge in [-0.25, -0.2) is 0 Å². The average molecular weight is 231 g/mol. The van der Waals surface area contributed by atoms with Crippen LogP contribution in [0.2, 0.25) is 0 Å². The molecule has 2 atom stereocenters. The molecular weight excluding hydrogens is 214 g/mol. The van der Waals surface area contributed by atoms with Gasteiger partial charge in [0.15, 0.2) is 0 Å². The molecule has 0 bridgehead atoms. The maximum atomic E-state index is 5.95. The fourth-order valence-corrected chi connectivity index (χ4v) is 3.30. The van der Waals surface area contributed by atoms with Gasteiger partial charge in [-0.05, 0) is 35.6 Å². The van der Waals surface area contributed by atoms with Crippen molar-refractivity contribution < 1.29 is 9.47 Å². The molecule has 1 fully saturated rings. The molecule has 3 heteroatoms. The molecule has 1 saturated heterocycles. The van der Waals surface area contributed by atoms with Crippen LogP contribution in [-0.4, -0.2) is 25.8 Å². The first-order chi connectivity index (χ1) is 8.42. The lowest BCUT2D eigenvalue weighted by molar-refractivity contribution is -0.0128. The van der Waals surface area contributed by atoms with Crippen LogP contribution in [0.1, 0.15) is 29.2 Å². The van der Waals surface area contributed by atoms with Crippen molar-refractivity contribution in [3.63, 3.8) is 0 Å². The first-order valence-corrected chi connectivity index (χ1v) is 6.55. The number of hydrogen-bond acceptors (Lipinski definition) is 3. The van der Waals surface area contributed by atoms with Gasteiger partial charge in [-0.1, -0.05) is 6.07 Å². The normalized spacial score (nSPS) is 30.1. The summed E-state index contributed by atoms with van der Waals surface area (Å²) in [7, 11) is 0. The summed E-state index contributed by atoms with van der Waals surface area (Å²) in [6, 6.07) is 5.06. The van der Waals surface area contributed by atoms with Crippen LogP contribution in [0.15, 0.2) is 12.1 Å². The summed E-state index contributed by atoms with van der Waals surface area (Å²) in [5, 5.41) is 3.56. The second-order valence-electron chi connectivity index (χ2n) is 5.15. The lowest BCUT2D eigenvalue weighted by Gasteiger charge is -2.38. The van der Waals surface area contributed by atoms with Crippen molar-refractivity contribution in [3.8, 4) is 5.75 Å². The van der Waals surface area contributed by atoms with Gasteiger partial charge in [0.25, 0.3) is 0 Å². The first kappa shape index (κ1) is 9.92. The summed E-state index contributed by atoms with van der Waals surface area (Å²) in [6.45, 7) is 2.64. The molecular formula is C14H17NO2. The fraction of sp³-hybridized carbons (Fsp3) is 0.571. The Bertz CT molecular complexity index is 458. The zero-order valence-electron chi connectivity index (χ0n) is 9.87. The van der Waals surface area contributed by atoms with Gasteiger partial charge >= 0.3 is 0 Å². The van der Waals surface area contributed by atoms with E-state index in [1.54, 1.807) is 0 Å². The second kappa shape index (κ2) is 3.72. The van der Waals surface area contributed by atoms with Crippen molar-refractivity contribution >= 4 is 0 Å². The van der Waals surface area contributed by atoms with Crippen LogP contribution in [0.5, 0.6) is 5.75 Å². The molecule has 0 radical (unpaired) electrons. The maximum absolute atomic E-state index is 5.95. The number of fused-ring (bicyclic) bond motifs is 4. The molecule has 17 heavy (non-hydrogen) atoms. The second-order valence-corrected chi connectivity index (χ2v) is 5.15. The van der Waals surface area contributed by atoms with E-state index in [2.05, 4.69) is 17.4 Å². The molecule has 1 aliphatic carbocycles. The molecule has 90 valence electrons. The minimum atomic E-state index is 0.238. The number of aryl methyl sites for hydroxylation is 1. The lowest BCUT2D eigenvalue weighted by atomic mass is 9.84. The number of benzene rings is 1. The Morgan fingerprint density at radius 3 is 3.12 bits per heavy atom. The summed E-state index contributed by atoms with van der Waals surface area (Å²) in [6.07, 6.45) is 3.66. The van der Waals surface area contributed by atoms with Crippen LogP contribution in [0.4, 0.5) is 0 Å². The van der Waals surface area contributed by atoms with Gasteiger partial charge in [0.05, 0.1) is 19.3 Å². The highest BCUT2D eigenvalue weighted by atomic mass is 16.5. The molecule has 2 aliphatic heterocycles. The van der Waals surface area contributed by atoms with Crippen LogP contribution >= 0.6 is 0 Å². The number of morpholine rings is 1. The van der Waals surface area contributed by atoms with Crippen molar-refractivity contribution in [1.29, 1.82) is 0 Å². The molecule has 2 heterocycles. The Hall–Kier alpha value is -1.06. The third kappa shape index (κ3) is 1.49. The maximum Gasteiger partial charge on any atom is 0.123 e. The predicted octanol–water partition coefficient (Wildman–Crippen LogP) is 1.60. The third-order valence-corrected chi connectivity index (χ3v) is 4.15. The first-order valence-electron chi connectivity index (χ1n) is 6.55. The molecule has 1 aromatic rings. The van der Waals surface area contributed by atoms with Gasteiger partial charge in [0.2, 0.25) is 0 Å². The van der Waals surface area contributed by atoms with Gasteiger partial charge in [0.1, 0.15) is 5.75 Å². The van der Waals surface area contributed by atoms with Crippen molar-refractivity contribution in [2.45, 2.75) is 31.4 Å². The molecule has 0 spiro atoms. The SMILES string of the molecule is c1c2c(cc3c1CC[C@H]1NCCO[C@H]31)OCC2. The number of rotatable bonds is 0. The van der Waals surface area contributed by atoms with E-state index >= 15 is 0 Å². The quantitative estimate of drug-likeness (QED) is 0.735. The van der Waals surface area contributed by atoms with Crippen LogP contribution in [0.25, 0.3) is 0 Å². The largest absolute Gasteiger partial charge is 0.493 e. The summed E-state index contributed by atoms with van der Waals surface area (Å²) >= 11 is 0. The molecule has 0 saturated carbocycles. The van der Waals surface area contributed by atoms with Gasteiger partial charge in [-0.2, -0.15) is 0 Å². The summed E-state index contributed by atoms with van der Waals surface area (Å²) in [5.41, 5.74) is 4.21. The molecule has 0 aromatic heterocycles. The highest BCUT2D eigenvalue weighted by Crippen LogP contribution is 2.39. The zero-order chi connectivity index (χ0) is 11.2. The summed E-state index contributed by atoms with van der Waals surface area (Å²) in [4.78, 5) is 0. The van der Waals surface area contributed by atoms with Crippen molar-refractivity contribution in [3.05, 3.63) is 28.8 Å². The van der Waals surface area contributed by atoms with E-state index in [-0.39, 0.29) is 6.10 Å². The van der Waals surface area contributed by atoms with E-state index in [1.807, 2.05) is 0 Å². The molecule has 0 unspecified atom stereocenters. The predicted molar refractivity (Wildman–Crippen MR) is 64.4 cm³/mol. The van der Waals surface area contributed by atoms with Crippen LogP contribution in [0.3, 0.4) is 0 Å². The standard InChI is InChI=1S/C14H17NO2/c1-2-12-14(17-6-4-15-12)11-8-13-10(3-5-16-13)7-9(1)11/h7-8,12,14-15H,1-6H2/t12-,14-/m1/s1. The molecule has 3 nitrogen and oxygen atoms in total. The molecule has 1 N–H and O–H groups in total. The van der Waals surface area contributed by atoms with Gasteiger partial charge in [-0.15, -0.1) is 0 Å². The highest BCUT2D eigenvalue weighted by Gasteiger charge is 2.33. The van der Waals surface area contributed by atoms with Crippen LogP contribution in [0, 0.1) is 0 Å². The van der Waals surface area contributed by atoms with E-state index in [0.29, 0.717) is 6.04 Å². The Labute approximate surface area is 101 Å². The summed E-state index contributed by atoms with van der Waals surface area (Å²) < 4.78 is 11.6. The molecule has 0 amide bonds. The topological polar surface area (TPSA) is 30.5 Å². The van der Waals surface area contributed by atoms with Crippen molar-refractivity contribution in [2.75, 3.05) is 19.8 Å².